The summed E-state index contributed by atoms with van der Waals surface area (Å²) in [5, 5.41) is 6.58. The van der Waals surface area contributed by atoms with Crippen molar-refractivity contribution in [3.63, 3.8) is 0 Å². The highest BCUT2D eigenvalue weighted by molar-refractivity contribution is 6.30. The second-order valence-electron chi connectivity index (χ2n) is 4.56. The highest BCUT2D eigenvalue weighted by Crippen LogP contribution is 2.09. The van der Waals surface area contributed by atoms with Crippen molar-refractivity contribution < 1.29 is 4.79 Å². The highest BCUT2D eigenvalue weighted by Gasteiger charge is 2.05. The molecule has 1 amide bonds. The lowest BCUT2D eigenvalue weighted by Gasteiger charge is -2.17. The average Bonchev–Trinajstić information content (AvgIpc) is 2.40. The van der Waals surface area contributed by atoms with Gasteiger partial charge in [-0.2, -0.15) is 0 Å². The van der Waals surface area contributed by atoms with E-state index in [0.717, 1.165) is 11.5 Å². The Bertz CT molecular complexity index is 334. The van der Waals surface area contributed by atoms with Crippen LogP contribution in [0.3, 0.4) is 0 Å². The number of halogens is 1. The first-order chi connectivity index (χ1) is 8.72. The molecule has 1 aliphatic rings. The third-order valence-corrected chi connectivity index (χ3v) is 3.18. The summed E-state index contributed by atoms with van der Waals surface area (Å²) in [5.41, 5.74) is 1.04. The van der Waals surface area contributed by atoms with Gasteiger partial charge in [0.25, 0.3) is 0 Å². The summed E-state index contributed by atoms with van der Waals surface area (Å²) < 4.78 is 0. The molecule has 100 valence electrons. The predicted molar refractivity (Wildman–Crippen MR) is 75.6 cm³/mol. The van der Waals surface area contributed by atoms with Crippen molar-refractivity contribution in [1.29, 1.82) is 0 Å². The Morgan fingerprint density at radius 3 is 2.39 bits per heavy atom. The van der Waals surface area contributed by atoms with Gasteiger partial charge in [-0.3, -0.25) is 4.79 Å². The zero-order chi connectivity index (χ0) is 13.2. The first-order valence-electron chi connectivity index (χ1n) is 6.34. The quantitative estimate of drug-likeness (QED) is 0.828. The molecule has 0 spiro atoms. The number of carbonyl (C=O) groups is 1. The normalized spacial score (nSPS) is 15.4. The summed E-state index contributed by atoms with van der Waals surface area (Å²) >= 11 is 5.66. The molecule has 0 saturated carbocycles. The first kappa shape index (κ1) is 15.0. The molecule has 3 nitrogen and oxygen atoms in total. The van der Waals surface area contributed by atoms with E-state index in [1.807, 2.05) is 12.1 Å². The largest absolute Gasteiger partial charge is 0.355 e. The zero-order valence-corrected chi connectivity index (χ0v) is 11.5. The topological polar surface area (TPSA) is 41.1 Å². The maximum Gasteiger partial charge on any atom is 0.207 e. The van der Waals surface area contributed by atoms with E-state index < -0.39 is 0 Å². The van der Waals surface area contributed by atoms with Crippen LogP contribution in [0, 0.1) is 5.92 Å². The minimum absolute atomic E-state index is 0.556. The molecule has 2 rings (SSSR count). The lowest BCUT2D eigenvalue weighted by Crippen LogP contribution is -2.26. The average molecular weight is 269 g/mol. The molecule has 1 aromatic rings. The fraction of sp³-hybridized carbons (Fsp3) is 0.500. The van der Waals surface area contributed by atoms with Crippen LogP contribution < -0.4 is 10.6 Å². The molecule has 0 aliphatic carbocycles. The van der Waals surface area contributed by atoms with Gasteiger partial charge in [0.05, 0.1) is 0 Å². The third-order valence-electron chi connectivity index (χ3n) is 2.93. The summed E-state index contributed by atoms with van der Waals surface area (Å²) in [5.74, 6) is 0.973. The van der Waals surface area contributed by atoms with E-state index in [4.69, 9.17) is 11.6 Å². The summed E-state index contributed by atoms with van der Waals surface area (Å²) in [6.45, 7) is 5.35. The van der Waals surface area contributed by atoms with Crippen molar-refractivity contribution in [2.45, 2.75) is 26.3 Å². The van der Waals surface area contributed by atoms with E-state index in [-0.39, 0.29) is 0 Å². The van der Waals surface area contributed by atoms with Crippen LogP contribution in [0.4, 0.5) is 0 Å². The predicted octanol–water partition coefficient (Wildman–Crippen LogP) is 2.59. The van der Waals surface area contributed by atoms with Gasteiger partial charge in [-0.1, -0.05) is 30.7 Å². The molecule has 0 atom stereocenters. The SMILES string of the molecule is CC1CCNCC1.O=CNCc1ccc(Cl)cc1. The molecule has 1 heterocycles. The standard InChI is InChI=1S/C8H8ClNO.C6H13N/c9-8-3-1-7(2-4-8)5-10-6-11;1-6-2-4-7-5-3-6/h1-4,6H,5H2,(H,10,11);6-7H,2-5H2,1H3. The molecule has 4 heteroatoms. The molecular weight excluding hydrogens is 248 g/mol. The number of nitrogens with one attached hydrogen (secondary N) is 2. The second-order valence-corrected chi connectivity index (χ2v) is 4.99. The Hall–Kier alpha value is -1.06. The van der Waals surface area contributed by atoms with Crippen LogP contribution in [0.15, 0.2) is 24.3 Å². The number of piperidine rings is 1. The number of rotatable bonds is 3. The number of hydrogen-bond donors (Lipinski definition) is 2. The minimum Gasteiger partial charge on any atom is -0.355 e. The van der Waals surface area contributed by atoms with Gasteiger partial charge in [0, 0.05) is 11.6 Å². The summed E-state index contributed by atoms with van der Waals surface area (Å²) in [4.78, 5) is 9.91. The number of carbonyl (C=O) groups excluding carboxylic acids is 1. The summed E-state index contributed by atoms with van der Waals surface area (Å²) in [6.07, 6.45) is 3.43. The summed E-state index contributed by atoms with van der Waals surface area (Å²) in [7, 11) is 0. The van der Waals surface area contributed by atoms with Gasteiger partial charge in [0.15, 0.2) is 0 Å². The smallest absolute Gasteiger partial charge is 0.207 e. The Labute approximate surface area is 114 Å². The van der Waals surface area contributed by atoms with E-state index in [1.165, 1.54) is 25.9 Å². The van der Waals surface area contributed by atoms with Gasteiger partial charge in [-0.25, -0.2) is 0 Å². The van der Waals surface area contributed by atoms with Crippen molar-refractivity contribution in [2.24, 2.45) is 5.92 Å². The molecule has 1 aromatic carbocycles. The Morgan fingerprint density at radius 2 is 1.94 bits per heavy atom. The van der Waals surface area contributed by atoms with Crippen LogP contribution in [0.2, 0.25) is 5.02 Å². The molecule has 0 unspecified atom stereocenters. The van der Waals surface area contributed by atoms with E-state index in [2.05, 4.69) is 17.6 Å². The van der Waals surface area contributed by atoms with Gasteiger partial charge < -0.3 is 10.6 Å². The van der Waals surface area contributed by atoms with Crippen LogP contribution in [-0.2, 0) is 11.3 Å². The van der Waals surface area contributed by atoms with Crippen LogP contribution in [0.25, 0.3) is 0 Å². The monoisotopic (exact) mass is 268 g/mol. The second kappa shape index (κ2) is 8.95. The van der Waals surface area contributed by atoms with Crippen molar-refractivity contribution in [3.05, 3.63) is 34.9 Å². The molecule has 0 bridgehead atoms. The Morgan fingerprint density at radius 1 is 1.33 bits per heavy atom. The van der Waals surface area contributed by atoms with Gasteiger partial charge in [0.2, 0.25) is 6.41 Å². The number of amides is 1. The maximum atomic E-state index is 9.91. The van der Waals surface area contributed by atoms with Crippen LogP contribution in [0.5, 0.6) is 0 Å². The van der Waals surface area contributed by atoms with Crippen molar-refractivity contribution in [1.82, 2.24) is 10.6 Å². The van der Waals surface area contributed by atoms with Gasteiger partial charge >= 0.3 is 0 Å². The van der Waals surface area contributed by atoms with E-state index in [0.29, 0.717) is 18.0 Å². The molecule has 1 aliphatic heterocycles. The zero-order valence-electron chi connectivity index (χ0n) is 10.8. The molecular formula is C14H21ClN2O. The lowest BCUT2D eigenvalue weighted by atomic mass is 10.0. The van der Waals surface area contributed by atoms with Gasteiger partial charge in [0.1, 0.15) is 0 Å². The molecule has 1 saturated heterocycles. The molecule has 1 fully saturated rings. The Kier molecular flexibility index (Phi) is 7.46. The first-order valence-corrected chi connectivity index (χ1v) is 6.72. The number of hydrogen-bond acceptors (Lipinski definition) is 2. The fourth-order valence-corrected chi connectivity index (χ4v) is 1.85. The lowest BCUT2D eigenvalue weighted by molar-refractivity contribution is -0.109. The third kappa shape index (κ3) is 6.62. The molecule has 2 N–H and O–H groups in total. The van der Waals surface area contributed by atoms with Crippen molar-refractivity contribution >= 4 is 18.0 Å². The van der Waals surface area contributed by atoms with Crippen LogP contribution in [0.1, 0.15) is 25.3 Å². The highest BCUT2D eigenvalue weighted by atomic mass is 35.5. The van der Waals surface area contributed by atoms with E-state index in [9.17, 15) is 4.79 Å². The van der Waals surface area contributed by atoms with Crippen LogP contribution in [-0.4, -0.2) is 19.5 Å². The minimum atomic E-state index is 0.556. The fourth-order valence-electron chi connectivity index (χ4n) is 1.73. The molecule has 18 heavy (non-hydrogen) atoms. The van der Waals surface area contributed by atoms with E-state index >= 15 is 0 Å². The maximum absolute atomic E-state index is 9.91. The van der Waals surface area contributed by atoms with Crippen molar-refractivity contribution in [3.8, 4) is 0 Å². The summed E-state index contributed by atoms with van der Waals surface area (Å²) in [6, 6.07) is 7.34. The van der Waals surface area contributed by atoms with Crippen LogP contribution >= 0.6 is 11.6 Å². The van der Waals surface area contributed by atoms with Crippen molar-refractivity contribution in [2.75, 3.05) is 13.1 Å². The molecule has 0 radical (unpaired) electrons. The molecule has 0 aromatic heterocycles. The van der Waals surface area contributed by atoms with Gasteiger partial charge in [-0.05, 0) is 49.5 Å². The number of benzene rings is 1. The Balaban J connectivity index is 0.000000199. The van der Waals surface area contributed by atoms with E-state index in [1.54, 1.807) is 12.1 Å². The van der Waals surface area contributed by atoms with Gasteiger partial charge in [-0.15, -0.1) is 0 Å².